The standard InChI is InChI=1S/C29H21F5N6OS.C7H12FN/c1-40(20-5-3-4-13-8-9-37-12-17(13)20)27-15-10-18(29(32,33)34)22(23(31)24(15)38-28(39-27)41-2)14-6-7-19(30)25-21(14)16(11-35)26(36)42-25;8-6-4-7-2-1-3-9(7)5-6/h6-10,12,20H,3-5,36H2,1-2H3;6-7H,1-5H2. The Bertz CT molecular complexity index is 2170. The average molecular weight is 726 g/mol. The SMILES string of the molecule is COc1nc(N(C)C2CCCc3ccncc32)c2cc(C(F)(F)F)c(-c3ccc(F)c4sc(N)c(C#N)c34)c(F)c2n1.FC1CC2CCCN2C1. The average Bonchev–Trinajstić information content (AvgIpc) is 3.80. The van der Waals surface area contributed by atoms with E-state index in [-0.39, 0.29) is 49.5 Å². The Labute approximate surface area is 293 Å². The van der Waals surface area contributed by atoms with Crippen molar-refractivity contribution in [3.05, 3.63) is 70.5 Å². The molecule has 0 saturated carbocycles. The largest absolute Gasteiger partial charge is 0.467 e. The summed E-state index contributed by atoms with van der Waals surface area (Å²) in [5, 5.41) is 9.21. The number of pyridine rings is 1. The van der Waals surface area contributed by atoms with Crippen molar-refractivity contribution in [3.8, 4) is 23.2 Å². The molecule has 15 heteroatoms. The molecule has 2 aromatic carbocycles. The summed E-state index contributed by atoms with van der Waals surface area (Å²) >= 11 is 0.703. The van der Waals surface area contributed by atoms with Gasteiger partial charge < -0.3 is 15.4 Å². The Hall–Kier alpha value is -4.68. The lowest BCUT2D eigenvalue weighted by atomic mass is 9.88. The zero-order chi connectivity index (χ0) is 36.2. The van der Waals surface area contributed by atoms with Gasteiger partial charge in [0.05, 0.1) is 29.0 Å². The van der Waals surface area contributed by atoms with Gasteiger partial charge in [0, 0.05) is 48.4 Å². The van der Waals surface area contributed by atoms with Crippen LogP contribution in [0.25, 0.3) is 32.1 Å². The van der Waals surface area contributed by atoms with Crippen LogP contribution in [-0.2, 0) is 12.6 Å². The van der Waals surface area contributed by atoms with Crippen LogP contribution in [0, 0.1) is 23.0 Å². The third kappa shape index (κ3) is 6.18. The number of halogens is 6. The summed E-state index contributed by atoms with van der Waals surface area (Å²) in [4.78, 5) is 16.7. The number of fused-ring (bicyclic) bond motifs is 4. The molecule has 1 aliphatic carbocycles. The first-order valence-corrected chi connectivity index (χ1v) is 17.3. The maximum atomic E-state index is 16.6. The maximum Gasteiger partial charge on any atom is 0.417 e. The molecule has 8 nitrogen and oxygen atoms in total. The Morgan fingerprint density at radius 1 is 1.14 bits per heavy atom. The van der Waals surface area contributed by atoms with Gasteiger partial charge in [0.15, 0.2) is 5.82 Å². The van der Waals surface area contributed by atoms with Crippen molar-refractivity contribution in [2.45, 2.75) is 63.0 Å². The van der Waals surface area contributed by atoms with Crippen molar-refractivity contribution in [2.24, 2.45) is 0 Å². The molecule has 266 valence electrons. The number of methoxy groups -OCH3 is 1. The smallest absolute Gasteiger partial charge is 0.417 e. The van der Waals surface area contributed by atoms with E-state index < -0.39 is 40.6 Å². The van der Waals surface area contributed by atoms with E-state index in [0.717, 1.165) is 55.1 Å². The number of aromatic nitrogens is 3. The van der Waals surface area contributed by atoms with Crippen LogP contribution in [-0.4, -0.2) is 59.3 Å². The van der Waals surface area contributed by atoms with Gasteiger partial charge in [-0.3, -0.25) is 9.88 Å². The number of nitriles is 1. The topological polar surface area (TPSA) is 104 Å². The highest BCUT2D eigenvalue weighted by Gasteiger charge is 2.39. The van der Waals surface area contributed by atoms with E-state index in [4.69, 9.17) is 10.5 Å². The highest BCUT2D eigenvalue weighted by molar-refractivity contribution is 7.23. The lowest BCUT2D eigenvalue weighted by molar-refractivity contribution is -0.137. The molecule has 5 aromatic rings. The van der Waals surface area contributed by atoms with Gasteiger partial charge in [-0.05, 0) is 80.0 Å². The molecule has 3 unspecified atom stereocenters. The fourth-order valence-corrected chi connectivity index (χ4v) is 8.68. The number of rotatable bonds is 4. The van der Waals surface area contributed by atoms with E-state index in [2.05, 4.69) is 19.9 Å². The van der Waals surface area contributed by atoms with Crippen LogP contribution in [0.2, 0.25) is 0 Å². The molecule has 5 heterocycles. The summed E-state index contributed by atoms with van der Waals surface area (Å²) in [5.41, 5.74) is 4.66. The van der Waals surface area contributed by atoms with Crippen LogP contribution in [0.1, 0.15) is 60.4 Å². The number of benzene rings is 2. The van der Waals surface area contributed by atoms with Crippen molar-refractivity contribution in [1.29, 1.82) is 5.26 Å². The third-order valence-electron chi connectivity index (χ3n) is 10.1. The van der Waals surface area contributed by atoms with Gasteiger partial charge in [-0.25, -0.2) is 13.2 Å². The van der Waals surface area contributed by atoms with Gasteiger partial charge in [-0.2, -0.15) is 28.4 Å². The molecule has 2 N–H and O–H groups in total. The molecule has 0 amide bonds. The number of ether oxygens (including phenoxy) is 1. The fourth-order valence-electron chi connectivity index (χ4n) is 7.73. The van der Waals surface area contributed by atoms with Crippen molar-refractivity contribution in [2.75, 3.05) is 37.9 Å². The molecule has 3 aliphatic rings. The quantitative estimate of drug-likeness (QED) is 0.185. The summed E-state index contributed by atoms with van der Waals surface area (Å²) in [5.74, 6) is -2.07. The molecular weight excluding hydrogens is 692 g/mol. The minimum Gasteiger partial charge on any atom is -0.467 e. The van der Waals surface area contributed by atoms with Gasteiger partial charge in [-0.1, -0.05) is 6.07 Å². The number of nitrogens with zero attached hydrogens (tertiary/aromatic N) is 6. The Kier molecular flexibility index (Phi) is 9.17. The van der Waals surface area contributed by atoms with Gasteiger partial charge in [0.25, 0.3) is 0 Å². The van der Waals surface area contributed by atoms with Crippen LogP contribution in [0.3, 0.4) is 0 Å². The second-order valence-corrected chi connectivity index (χ2v) is 14.1. The van der Waals surface area contributed by atoms with Crippen molar-refractivity contribution in [3.63, 3.8) is 0 Å². The molecule has 2 saturated heterocycles. The number of hydrogen-bond acceptors (Lipinski definition) is 9. The van der Waals surface area contributed by atoms with E-state index in [0.29, 0.717) is 30.3 Å². The first kappa shape index (κ1) is 34.8. The second-order valence-electron chi connectivity index (χ2n) is 13.0. The summed E-state index contributed by atoms with van der Waals surface area (Å²) in [6, 6.07) is 6.51. The first-order chi connectivity index (χ1) is 24.4. The molecule has 0 bridgehead atoms. The minimum atomic E-state index is -5.05. The number of hydrogen-bond donors (Lipinski definition) is 1. The van der Waals surface area contributed by atoms with Crippen LogP contribution < -0.4 is 15.4 Å². The number of nitrogens with two attached hydrogens (primary N) is 1. The number of anilines is 2. The van der Waals surface area contributed by atoms with Gasteiger partial charge in [-0.15, -0.1) is 11.3 Å². The monoisotopic (exact) mass is 725 g/mol. The number of thiophene rings is 1. The van der Waals surface area contributed by atoms with Crippen molar-refractivity contribution in [1.82, 2.24) is 19.9 Å². The lowest BCUT2D eigenvalue weighted by Gasteiger charge is -2.34. The lowest BCUT2D eigenvalue weighted by Crippen LogP contribution is -2.29. The molecule has 3 aromatic heterocycles. The highest BCUT2D eigenvalue weighted by atomic mass is 32.1. The molecule has 3 atom stereocenters. The minimum absolute atomic E-state index is 0.0382. The number of aryl methyl sites for hydroxylation is 1. The number of nitrogen functional groups attached to an aromatic ring is 1. The van der Waals surface area contributed by atoms with E-state index in [1.165, 1.54) is 20.0 Å². The molecule has 2 fully saturated rings. The number of alkyl halides is 4. The summed E-state index contributed by atoms with van der Waals surface area (Å²) < 4.78 is 93.1. The first-order valence-electron chi connectivity index (χ1n) is 16.5. The van der Waals surface area contributed by atoms with Crippen LogP contribution in [0.5, 0.6) is 6.01 Å². The zero-order valence-electron chi connectivity index (χ0n) is 27.7. The Balaban J connectivity index is 0.000000389. The molecule has 51 heavy (non-hydrogen) atoms. The van der Waals surface area contributed by atoms with Crippen LogP contribution in [0.4, 0.5) is 37.2 Å². The van der Waals surface area contributed by atoms with Crippen LogP contribution in [0.15, 0.2) is 36.7 Å². The third-order valence-corrected chi connectivity index (χ3v) is 11.1. The zero-order valence-corrected chi connectivity index (χ0v) is 28.5. The van der Waals surface area contributed by atoms with Crippen molar-refractivity contribution >= 4 is 43.1 Å². The highest BCUT2D eigenvalue weighted by Crippen LogP contribution is 2.48. The molecule has 2 aliphatic heterocycles. The normalized spacial score (nSPS) is 20.1. The van der Waals surface area contributed by atoms with E-state index >= 15 is 4.39 Å². The van der Waals surface area contributed by atoms with Gasteiger partial charge in [0.1, 0.15) is 34.4 Å². The molecule has 0 spiro atoms. The maximum absolute atomic E-state index is 16.6. The van der Waals surface area contributed by atoms with E-state index in [9.17, 15) is 27.2 Å². The Morgan fingerprint density at radius 3 is 2.67 bits per heavy atom. The van der Waals surface area contributed by atoms with Gasteiger partial charge in [0.2, 0.25) is 0 Å². The predicted molar refractivity (Wildman–Crippen MR) is 183 cm³/mol. The molecule has 0 radical (unpaired) electrons. The van der Waals surface area contributed by atoms with E-state index in [1.807, 2.05) is 12.1 Å². The summed E-state index contributed by atoms with van der Waals surface area (Å²) in [6.45, 7) is 1.86. The van der Waals surface area contributed by atoms with E-state index in [1.54, 1.807) is 24.3 Å². The predicted octanol–water partition coefficient (Wildman–Crippen LogP) is 8.37. The second kappa shape index (κ2) is 13.5. The summed E-state index contributed by atoms with van der Waals surface area (Å²) in [7, 11) is 2.94. The molecule has 8 rings (SSSR count). The summed E-state index contributed by atoms with van der Waals surface area (Å²) in [6.07, 6.45) is 3.49. The van der Waals surface area contributed by atoms with Crippen LogP contribution >= 0.6 is 11.3 Å². The Morgan fingerprint density at radius 2 is 1.94 bits per heavy atom. The van der Waals surface area contributed by atoms with Gasteiger partial charge >= 0.3 is 12.2 Å². The molecular formula is C36H33F6N7OS. The fraction of sp³-hybridized carbons (Fsp3) is 0.389. The van der Waals surface area contributed by atoms with Crippen molar-refractivity contribution < 1.29 is 31.1 Å².